The van der Waals surface area contributed by atoms with E-state index in [1.165, 1.54) is 12.1 Å². The van der Waals surface area contributed by atoms with E-state index < -0.39 is 22.0 Å². The van der Waals surface area contributed by atoms with E-state index in [1.807, 2.05) is 0 Å². The molecule has 128 valence electrons. The Kier molecular flexibility index (Phi) is 7.86. The Morgan fingerprint density at radius 3 is 2.22 bits per heavy atom. The van der Waals surface area contributed by atoms with E-state index in [9.17, 15) is 19.0 Å². The summed E-state index contributed by atoms with van der Waals surface area (Å²) in [5.74, 6) is -1.03. The average molecular weight is 363 g/mol. The van der Waals surface area contributed by atoms with E-state index in [0.717, 1.165) is 0 Å². The molecule has 0 spiro atoms. The van der Waals surface area contributed by atoms with Crippen molar-refractivity contribution in [2.75, 3.05) is 19.8 Å². The molecule has 0 radical (unpaired) electrons. The summed E-state index contributed by atoms with van der Waals surface area (Å²) >= 11 is 0. The molecule has 0 amide bonds. The van der Waals surface area contributed by atoms with Crippen LogP contribution in [0.25, 0.3) is 0 Å². The number of benzene rings is 1. The number of aromatic carboxylic acids is 1. The van der Waals surface area contributed by atoms with Gasteiger partial charge in [-0.25, -0.2) is 4.79 Å². The summed E-state index contributed by atoms with van der Waals surface area (Å²) in [5.41, 5.74) is 0.341. The van der Waals surface area contributed by atoms with Gasteiger partial charge < -0.3 is 18.9 Å². The monoisotopic (exact) mass is 363 g/mol. The quantitative estimate of drug-likeness (QED) is 0.637. The third-order valence-electron chi connectivity index (χ3n) is 2.88. The standard InChI is InChI=1S/C14H20O7P2/c1-4-19-12-10(9-23(18,20-5-2)21-6-3)7-8-11(14(15)16)13(12)22-17/h7-8H,4-6,9H2,1-3H3,(H,15,16)/p+1. The van der Waals surface area contributed by atoms with Crippen LogP contribution in [0.2, 0.25) is 0 Å². The lowest BCUT2D eigenvalue weighted by Crippen LogP contribution is -2.16. The molecule has 9 heteroatoms. The first-order valence-corrected chi connectivity index (χ1v) is 9.84. The van der Waals surface area contributed by atoms with Crippen LogP contribution in [0.5, 0.6) is 5.75 Å². The SMILES string of the molecule is CCOc1c(CP(=O)(OCC)OCC)ccc(C(=O)O)c1[PH+]=O. The topological polar surface area (TPSA) is 99.1 Å². The second-order valence-corrected chi connectivity index (χ2v) is 7.18. The molecule has 1 rings (SSSR count). The number of hydrogen-bond donors (Lipinski definition) is 1. The maximum Gasteiger partial charge on any atom is 0.367 e. The second-order valence-electron chi connectivity index (χ2n) is 4.42. The van der Waals surface area contributed by atoms with Crippen LogP contribution >= 0.6 is 16.1 Å². The van der Waals surface area contributed by atoms with Crippen molar-refractivity contribution in [3.8, 4) is 5.75 Å². The summed E-state index contributed by atoms with van der Waals surface area (Å²) in [4.78, 5) is 11.2. The number of ether oxygens (including phenoxy) is 1. The molecule has 0 aliphatic rings. The van der Waals surface area contributed by atoms with Gasteiger partial charge in [-0.15, -0.1) is 0 Å². The minimum atomic E-state index is -3.39. The van der Waals surface area contributed by atoms with Crippen molar-refractivity contribution in [1.29, 1.82) is 0 Å². The van der Waals surface area contributed by atoms with E-state index in [2.05, 4.69) is 0 Å². The third kappa shape index (κ3) is 5.11. The molecule has 1 N–H and O–H groups in total. The molecule has 1 aromatic rings. The Morgan fingerprint density at radius 1 is 1.17 bits per heavy atom. The predicted molar refractivity (Wildman–Crippen MR) is 87.8 cm³/mol. The number of hydrogen-bond acceptors (Lipinski definition) is 6. The van der Waals surface area contributed by atoms with Gasteiger partial charge in [0.25, 0.3) is 0 Å². The zero-order valence-electron chi connectivity index (χ0n) is 13.3. The average Bonchev–Trinajstić information content (AvgIpc) is 2.48. The summed E-state index contributed by atoms with van der Waals surface area (Å²) in [6, 6.07) is 2.81. The van der Waals surface area contributed by atoms with E-state index >= 15 is 0 Å². The molecule has 1 unspecified atom stereocenters. The first kappa shape index (κ1) is 19.8. The van der Waals surface area contributed by atoms with Crippen LogP contribution in [-0.2, 0) is 24.3 Å². The highest BCUT2D eigenvalue weighted by atomic mass is 31.2. The second kappa shape index (κ2) is 9.14. The molecule has 0 aliphatic heterocycles. The third-order valence-corrected chi connectivity index (χ3v) is 5.61. The van der Waals surface area contributed by atoms with E-state index in [0.29, 0.717) is 5.56 Å². The fourth-order valence-corrected chi connectivity index (χ4v) is 4.41. The van der Waals surface area contributed by atoms with Crippen LogP contribution in [-0.4, -0.2) is 30.9 Å². The van der Waals surface area contributed by atoms with Gasteiger partial charge in [-0.3, -0.25) is 4.57 Å². The maximum atomic E-state index is 12.7. The predicted octanol–water partition coefficient (Wildman–Crippen LogP) is 3.20. The largest absolute Gasteiger partial charge is 0.489 e. The van der Waals surface area contributed by atoms with Gasteiger partial charge in [-0.05, 0) is 26.8 Å². The van der Waals surface area contributed by atoms with Crippen molar-refractivity contribution in [2.24, 2.45) is 0 Å². The minimum Gasteiger partial charge on any atom is -0.489 e. The molecule has 1 aromatic carbocycles. The van der Waals surface area contributed by atoms with E-state index in [-0.39, 0.29) is 42.6 Å². The number of carbonyl (C=O) groups is 1. The number of carboxylic acids is 1. The minimum absolute atomic E-state index is 0.0661. The van der Waals surface area contributed by atoms with Crippen LogP contribution in [0.15, 0.2) is 12.1 Å². The fourth-order valence-electron chi connectivity index (χ4n) is 2.07. The van der Waals surface area contributed by atoms with Crippen LogP contribution in [0.1, 0.15) is 36.7 Å². The van der Waals surface area contributed by atoms with Gasteiger partial charge in [0.05, 0.1) is 26.0 Å². The molecule has 0 saturated heterocycles. The van der Waals surface area contributed by atoms with Crippen LogP contribution in [0, 0.1) is 0 Å². The van der Waals surface area contributed by atoms with Crippen molar-refractivity contribution in [3.05, 3.63) is 23.3 Å². The Hall–Kier alpha value is -1.26. The molecule has 23 heavy (non-hydrogen) atoms. The van der Waals surface area contributed by atoms with Gasteiger partial charge in [-0.1, -0.05) is 10.6 Å². The lowest BCUT2D eigenvalue weighted by molar-refractivity contribution is 0.0698. The Balaban J connectivity index is 3.37. The van der Waals surface area contributed by atoms with E-state index in [4.69, 9.17) is 13.8 Å². The molecule has 0 fully saturated rings. The summed E-state index contributed by atoms with van der Waals surface area (Å²) in [5, 5.41) is 9.25. The molecule has 0 aromatic heterocycles. The Bertz CT molecular complexity index is 605. The van der Waals surface area contributed by atoms with Crippen molar-refractivity contribution in [1.82, 2.24) is 0 Å². The summed E-state index contributed by atoms with van der Waals surface area (Å²) in [6.45, 7) is 5.80. The number of carboxylic acid groups (broad SMARTS) is 1. The lowest BCUT2D eigenvalue weighted by Gasteiger charge is -2.18. The van der Waals surface area contributed by atoms with Gasteiger partial charge in [-0.2, -0.15) is 0 Å². The smallest absolute Gasteiger partial charge is 0.367 e. The lowest BCUT2D eigenvalue weighted by atomic mass is 10.1. The highest BCUT2D eigenvalue weighted by molar-refractivity contribution is 7.53. The van der Waals surface area contributed by atoms with Crippen LogP contribution in [0.4, 0.5) is 0 Å². The fraction of sp³-hybridized carbons (Fsp3) is 0.500. The molecule has 0 aliphatic carbocycles. The molecular formula is C14H21O7P2+. The van der Waals surface area contributed by atoms with Crippen LogP contribution < -0.4 is 10.0 Å². The normalized spacial score (nSPS) is 11.6. The van der Waals surface area contributed by atoms with Gasteiger partial charge >= 0.3 is 22.0 Å². The molecule has 1 atom stereocenters. The van der Waals surface area contributed by atoms with Crippen molar-refractivity contribution < 1.29 is 32.8 Å². The van der Waals surface area contributed by atoms with Gasteiger partial charge in [0.15, 0.2) is 5.75 Å². The highest BCUT2D eigenvalue weighted by Crippen LogP contribution is 2.52. The van der Waals surface area contributed by atoms with Gasteiger partial charge in [0, 0.05) is 5.56 Å². The summed E-state index contributed by atoms with van der Waals surface area (Å²) in [6.07, 6.45) is -0.0820. The zero-order chi connectivity index (χ0) is 17.5. The molecule has 0 heterocycles. The van der Waals surface area contributed by atoms with Crippen molar-refractivity contribution in [2.45, 2.75) is 26.9 Å². The van der Waals surface area contributed by atoms with E-state index in [1.54, 1.807) is 20.8 Å². The molecular weight excluding hydrogens is 342 g/mol. The van der Waals surface area contributed by atoms with Crippen LogP contribution in [0.3, 0.4) is 0 Å². The van der Waals surface area contributed by atoms with Gasteiger partial charge in [0.1, 0.15) is 5.56 Å². The maximum absolute atomic E-state index is 12.7. The molecule has 0 bridgehead atoms. The van der Waals surface area contributed by atoms with Crippen molar-refractivity contribution >= 4 is 27.3 Å². The highest BCUT2D eigenvalue weighted by Gasteiger charge is 2.31. The first-order chi connectivity index (χ1) is 10.9. The number of rotatable bonds is 10. The summed E-state index contributed by atoms with van der Waals surface area (Å²) in [7, 11) is -4.40. The first-order valence-electron chi connectivity index (χ1n) is 7.20. The molecule has 7 nitrogen and oxygen atoms in total. The Morgan fingerprint density at radius 2 is 1.78 bits per heavy atom. The zero-order valence-corrected chi connectivity index (χ0v) is 15.2. The summed E-state index contributed by atoms with van der Waals surface area (Å²) < 4.78 is 40.1. The Labute approximate surface area is 136 Å². The molecule has 0 saturated carbocycles. The van der Waals surface area contributed by atoms with Crippen molar-refractivity contribution in [3.63, 3.8) is 0 Å². The van der Waals surface area contributed by atoms with Gasteiger partial charge in [0.2, 0.25) is 5.30 Å².